The van der Waals surface area contributed by atoms with Crippen molar-refractivity contribution in [2.75, 3.05) is 0 Å². The second-order valence-corrected chi connectivity index (χ2v) is 5.29. The molecule has 92 valence electrons. The van der Waals surface area contributed by atoms with Crippen LogP contribution in [-0.2, 0) is 0 Å². The third-order valence-electron chi connectivity index (χ3n) is 3.24. The average molecular weight is 232 g/mol. The highest BCUT2D eigenvalue weighted by atomic mass is 16.5. The molecule has 0 aliphatic carbocycles. The molecule has 0 unspecified atom stereocenters. The first-order valence-corrected chi connectivity index (χ1v) is 6.19. The molecule has 0 fully saturated rings. The quantitative estimate of drug-likeness (QED) is 0.783. The van der Waals surface area contributed by atoms with Gasteiger partial charge in [-0.3, -0.25) is 4.98 Å². The molecule has 2 heterocycles. The monoisotopic (exact) mass is 232 g/mol. The Labute approximate surface area is 102 Å². The molecule has 0 saturated heterocycles. The van der Waals surface area contributed by atoms with E-state index in [1.807, 2.05) is 13.8 Å². The lowest BCUT2D eigenvalue weighted by Crippen LogP contribution is -2.00. The first-order valence-electron chi connectivity index (χ1n) is 6.19. The van der Waals surface area contributed by atoms with E-state index in [9.17, 15) is 0 Å². The van der Waals surface area contributed by atoms with E-state index < -0.39 is 0 Å². The molecule has 2 aromatic heterocycles. The number of fused-ring (bicyclic) bond motifs is 1. The molecule has 3 nitrogen and oxygen atoms in total. The van der Waals surface area contributed by atoms with Crippen molar-refractivity contribution in [3.8, 4) is 0 Å². The first kappa shape index (κ1) is 12.1. The molecule has 0 N–H and O–H groups in total. The SMILES string of the molecule is Cc1nc(C(C)C)c2c(C(C)C)noc2c1C. The molecule has 0 saturated carbocycles. The molecular formula is C14H20N2O. The number of hydrogen-bond donors (Lipinski definition) is 0. The molecule has 0 aliphatic rings. The van der Waals surface area contributed by atoms with Crippen molar-refractivity contribution in [2.24, 2.45) is 0 Å². The Hall–Kier alpha value is -1.38. The predicted molar refractivity (Wildman–Crippen MR) is 69.5 cm³/mol. The summed E-state index contributed by atoms with van der Waals surface area (Å²) >= 11 is 0. The third-order valence-corrected chi connectivity index (χ3v) is 3.24. The molecule has 0 aliphatic heterocycles. The van der Waals surface area contributed by atoms with Crippen LogP contribution in [0.3, 0.4) is 0 Å². The highest BCUT2D eigenvalue weighted by Crippen LogP contribution is 2.33. The van der Waals surface area contributed by atoms with Gasteiger partial charge in [-0.25, -0.2) is 0 Å². The number of nitrogens with zero attached hydrogens (tertiary/aromatic N) is 2. The first-order chi connectivity index (χ1) is 7.93. The topological polar surface area (TPSA) is 38.9 Å². The van der Waals surface area contributed by atoms with Crippen LogP contribution in [0.5, 0.6) is 0 Å². The smallest absolute Gasteiger partial charge is 0.173 e. The molecule has 17 heavy (non-hydrogen) atoms. The summed E-state index contributed by atoms with van der Waals surface area (Å²) in [6.45, 7) is 12.7. The fourth-order valence-corrected chi connectivity index (χ4v) is 2.10. The van der Waals surface area contributed by atoms with Crippen molar-refractivity contribution in [1.29, 1.82) is 0 Å². The maximum absolute atomic E-state index is 5.52. The van der Waals surface area contributed by atoms with Gasteiger partial charge in [-0.05, 0) is 25.7 Å². The predicted octanol–water partition coefficient (Wildman–Crippen LogP) is 4.09. The van der Waals surface area contributed by atoms with E-state index in [1.54, 1.807) is 0 Å². The minimum Gasteiger partial charge on any atom is -0.356 e. The normalized spacial score (nSPS) is 12.0. The molecule has 0 bridgehead atoms. The van der Waals surface area contributed by atoms with Gasteiger partial charge in [-0.15, -0.1) is 0 Å². The number of hydrogen-bond acceptors (Lipinski definition) is 3. The van der Waals surface area contributed by atoms with Gasteiger partial charge in [0, 0.05) is 11.3 Å². The third kappa shape index (κ3) is 1.84. The Kier molecular flexibility index (Phi) is 2.94. The maximum atomic E-state index is 5.52. The van der Waals surface area contributed by atoms with Crippen LogP contribution in [0.1, 0.15) is 62.2 Å². The van der Waals surface area contributed by atoms with Crippen LogP contribution in [0.25, 0.3) is 11.0 Å². The zero-order valence-corrected chi connectivity index (χ0v) is 11.5. The lowest BCUT2D eigenvalue weighted by atomic mass is 9.97. The number of rotatable bonds is 2. The van der Waals surface area contributed by atoms with Crippen molar-refractivity contribution in [3.63, 3.8) is 0 Å². The van der Waals surface area contributed by atoms with Gasteiger partial charge in [-0.2, -0.15) is 0 Å². The summed E-state index contributed by atoms with van der Waals surface area (Å²) in [5.41, 5.74) is 5.17. The van der Waals surface area contributed by atoms with E-state index in [0.717, 1.165) is 33.6 Å². The van der Waals surface area contributed by atoms with Crippen LogP contribution in [0.15, 0.2) is 4.52 Å². The van der Waals surface area contributed by atoms with Crippen molar-refractivity contribution < 1.29 is 4.52 Å². The highest BCUT2D eigenvalue weighted by molar-refractivity contribution is 5.86. The van der Waals surface area contributed by atoms with Gasteiger partial charge in [0.1, 0.15) is 0 Å². The molecular weight excluding hydrogens is 212 g/mol. The van der Waals surface area contributed by atoms with Crippen LogP contribution in [0, 0.1) is 13.8 Å². The van der Waals surface area contributed by atoms with Gasteiger partial charge in [-0.1, -0.05) is 32.9 Å². The van der Waals surface area contributed by atoms with Crippen LogP contribution < -0.4 is 0 Å². The van der Waals surface area contributed by atoms with E-state index in [2.05, 4.69) is 32.9 Å². The lowest BCUT2D eigenvalue weighted by Gasteiger charge is -2.11. The number of aromatic nitrogens is 2. The van der Waals surface area contributed by atoms with Crippen LogP contribution >= 0.6 is 0 Å². The molecule has 0 aromatic carbocycles. The number of aryl methyl sites for hydroxylation is 2. The molecule has 0 amide bonds. The van der Waals surface area contributed by atoms with Gasteiger partial charge >= 0.3 is 0 Å². The Morgan fingerprint density at radius 1 is 0.941 bits per heavy atom. The summed E-state index contributed by atoms with van der Waals surface area (Å²) in [4.78, 5) is 4.72. The Morgan fingerprint density at radius 2 is 1.53 bits per heavy atom. The van der Waals surface area contributed by atoms with Gasteiger partial charge in [0.25, 0.3) is 0 Å². The van der Waals surface area contributed by atoms with Crippen molar-refractivity contribution in [2.45, 2.75) is 53.4 Å². The van der Waals surface area contributed by atoms with Crippen molar-refractivity contribution in [1.82, 2.24) is 10.1 Å². The molecule has 0 spiro atoms. The summed E-state index contributed by atoms with van der Waals surface area (Å²) in [6.07, 6.45) is 0. The Bertz CT molecular complexity index is 553. The molecule has 2 aromatic rings. The van der Waals surface area contributed by atoms with E-state index in [0.29, 0.717) is 11.8 Å². The van der Waals surface area contributed by atoms with Gasteiger partial charge in [0.05, 0.1) is 16.8 Å². The molecule has 0 radical (unpaired) electrons. The van der Waals surface area contributed by atoms with Crippen LogP contribution in [0.4, 0.5) is 0 Å². The summed E-state index contributed by atoms with van der Waals surface area (Å²) < 4.78 is 5.52. The standard InChI is InChI=1S/C14H20N2O/c1-7(2)12-11-13(8(3)4)16-17-14(11)9(5)10(6)15-12/h7-8H,1-6H3. The zero-order valence-electron chi connectivity index (χ0n) is 11.5. The minimum absolute atomic E-state index is 0.359. The zero-order chi connectivity index (χ0) is 12.7. The summed E-state index contributed by atoms with van der Waals surface area (Å²) in [6, 6.07) is 0. The largest absolute Gasteiger partial charge is 0.356 e. The Morgan fingerprint density at radius 3 is 2.06 bits per heavy atom. The maximum Gasteiger partial charge on any atom is 0.173 e. The van der Waals surface area contributed by atoms with Gasteiger partial charge in [0.15, 0.2) is 5.58 Å². The van der Waals surface area contributed by atoms with Gasteiger partial charge < -0.3 is 4.52 Å². The van der Waals surface area contributed by atoms with Crippen LogP contribution in [-0.4, -0.2) is 10.1 Å². The summed E-state index contributed by atoms with van der Waals surface area (Å²) in [7, 11) is 0. The molecule has 3 heteroatoms. The van der Waals surface area contributed by atoms with Crippen molar-refractivity contribution in [3.05, 3.63) is 22.6 Å². The van der Waals surface area contributed by atoms with E-state index in [4.69, 9.17) is 9.51 Å². The van der Waals surface area contributed by atoms with E-state index >= 15 is 0 Å². The summed E-state index contributed by atoms with van der Waals surface area (Å²) in [5.74, 6) is 0.742. The summed E-state index contributed by atoms with van der Waals surface area (Å²) in [5, 5.41) is 5.35. The van der Waals surface area contributed by atoms with Crippen LogP contribution in [0.2, 0.25) is 0 Å². The fraction of sp³-hybridized carbons (Fsp3) is 0.571. The second-order valence-electron chi connectivity index (χ2n) is 5.29. The van der Waals surface area contributed by atoms with Gasteiger partial charge in [0.2, 0.25) is 0 Å². The lowest BCUT2D eigenvalue weighted by molar-refractivity contribution is 0.440. The van der Waals surface area contributed by atoms with Crippen molar-refractivity contribution >= 4 is 11.0 Å². The van der Waals surface area contributed by atoms with E-state index in [1.165, 1.54) is 0 Å². The van der Waals surface area contributed by atoms with E-state index in [-0.39, 0.29) is 0 Å². The minimum atomic E-state index is 0.359. The second kappa shape index (κ2) is 4.13. The highest BCUT2D eigenvalue weighted by Gasteiger charge is 2.21. The molecule has 2 rings (SSSR count). The molecule has 0 atom stereocenters. The Balaban J connectivity index is 2.88. The fourth-order valence-electron chi connectivity index (χ4n) is 2.10. The number of pyridine rings is 1. The average Bonchev–Trinajstić information content (AvgIpc) is 2.67.